The first kappa shape index (κ1) is 15.4. The fourth-order valence-corrected chi connectivity index (χ4v) is 2.13. The molecule has 2 rings (SSSR count). The second kappa shape index (κ2) is 7.17. The van der Waals surface area contributed by atoms with Gasteiger partial charge < -0.3 is 10.1 Å². The standard InChI is InChI=1S/C15H23N5O/c1-11(2)9-16-10-15-17-18-19-20(15)12(3)13-5-7-14(21-4)8-6-13/h5-8,11-12,16H,9-10H2,1-4H3. The van der Waals surface area contributed by atoms with Gasteiger partial charge in [0.25, 0.3) is 0 Å². The molecule has 1 aromatic heterocycles. The van der Waals surface area contributed by atoms with Crippen LogP contribution in [0.25, 0.3) is 0 Å². The quantitative estimate of drug-likeness (QED) is 0.845. The van der Waals surface area contributed by atoms with Gasteiger partial charge in [0.05, 0.1) is 19.7 Å². The molecule has 0 aliphatic carbocycles. The number of hydrogen-bond donors (Lipinski definition) is 1. The minimum Gasteiger partial charge on any atom is -0.497 e. The van der Waals surface area contributed by atoms with Gasteiger partial charge in [-0.15, -0.1) is 5.10 Å². The lowest BCUT2D eigenvalue weighted by Gasteiger charge is -2.15. The fraction of sp³-hybridized carbons (Fsp3) is 0.533. The molecule has 114 valence electrons. The Hall–Kier alpha value is -1.95. The number of nitrogens with one attached hydrogen (secondary N) is 1. The van der Waals surface area contributed by atoms with E-state index in [-0.39, 0.29) is 6.04 Å². The van der Waals surface area contributed by atoms with Gasteiger partial charge in [0.2, 0.25) is 0 Å². The van der Waals surface area contributed by atoms with Crippen molar-refractivity contribution in [1.29, 1.82) is 0 Å². The Kier molecular flexibility index (Phi) is 5.27. The zero-order chi connectivity index (χ0) is 15.2. The van der Waals surface area contributed by atoms with Gasteiger partial charge in [-0.25, -0.2) is 4.68 Å². The van der Waals surface area contributed by atoms with Gasteiger partial charge >= 0.3 is 0 Å². The summed E-state index contributed by atoms with van der Waals surface area (Å²) in [5.74, 6) is 2.30. The zero-order valence-electron chi connectivity index (χ0n) is 13.1. The molecule has 0 bridgehead atoms. The van der Waals surface area contributed by atoms with Crippen molar-refractivity contribution in [2.24, 2.45) is 5.92 Å². The molecule has 6 nitrogen and oxygen atoms in total. The molecule has 1 unspecified atom stereocenters. The van der Waals surface area contributed by atoms with Gasteiger partial charge in [-0.3, -0.25) is 0 Å². The Bertz CT molecular complexity index is 549. The summed E-state index contributed by atoms with van der Waals surface area (Å²) < 4.78 is 7.04. The number of methoxy groups -OCH3 is 1. The predicted octanol–water partition coefficient (Wildman–Crippen LogP) is 2.04. The largest absolute Gasteiger partial charge is 0.497 e. The van der Waals surface area contributed by atoms with Crippen molar-refractivity contribution in [1.82, 2.24) is 25.5 Å². The van der Waals surface area contributed by atoms with E-state index in [9.17, 15) is 0 Å². The molecule has 21 heavy (non-hydrogen) atoms. The van der Waals surface area contributed by atoms with E-state index < -0.39 is 0 Å². The topological polar surface area (TPSA) is 64.9 Å². The summed E-state index contributed by atoms with van der Waals surface area (Å²) in [6.45, 7) is 8.06. The lowest BCUT2D eigenvalue weighted by Crippen LogP contribution is -2.23. The van der Waals surface area contributed by atoms with Gasteiger partial charge in [-0.2, -0.15) is 0 Å². The second-order valence-electron chi connectivity index (χ2n) is 5.51. The van der Waals surface area contributed by atoms with E-state index in [1.807, 2.05) is 28.9 Å². The minimum absolute atomic E-state index is 0.0850. The average molecular weight is 289 g/mol. The van der Waals surface area contributed by atoms with Crippen LogP contribution in [0.5, 0.6) is 5.75 Å². The van der Waals surface area contributed by atoms with Crippen LogP contribution in [0, 0.1) is 5.92 Å². The van der Waals surface area contributed by atoms with Crippen molar-refractivity contribution in [3.8, 4) is 5.75 Å². The van der Waals surface area contributed by atoms with Crippen LogP contribution < -0.4 is 10.1 Å². The maximum absolute atomic E-state index is 5.18. The normalized spacial score (nSPS) is 12.6. The first-order valence-electron chi connectivity index (χ1n) is 7.23. The lowest BCUT2D eigenvalue weighted by atomic mass is 10.1. The zero-order valence-corrected chi connectivity index (χ0v) is 13.1. The molecule has 1 N–H and O–H groups in total. The SMILES string of the molecule is COc1ccc(C(C)n2nnnc2CNCC(C)C)cc1. The predicted molar refractivity (Wildman–Crippen MR) is 81.2 cm³/mol. The monoisotopic (exact) mass is 289 g/mol. The van der Waals surface area contributed by atoms with Crippen LogP contribution >= 0.6 is 0 Å². The Labute approximate surface area is 125 Å². The first-order chi connectivity index (χ1) is 10.1. The molecule has 0 aliphatic heterocycles. The summed E-state index contributed by atoms with van der Waals surface area (Å²) in [6.07, 6.45) is 0. The van der Waals surface area contributed by atoms with Crippen LogP contribution in [0.1, 0.15) is 38.2 Å². The molecule has 0 radical (unpaired) electrons. The highest BCUT2D eigenvalue weighted by Crippen LogP contribution is 2.20. The average Bonchev–Trinajstić information content (AvgIpc) is 2.94. The molecule has 1 heterocycles. The van der Waals surface area contributed by atoms with Crippen molar-refractivity contribution < 1.29 is 4.74 Å². The summed E-state index contributed by atoms with van der Waals surface area (Å²) in [6, 6.07) is 8.06. The number of ether oxygens (including phenoxy) is 1. The highest BCUT2D eigenvalue weighted by atomic mass is 16.5. The Morgan fingerprint density at radius 2 is 1.90 bits per heavy atom. The smallest absolute Gasteiger partial charge is 0.165 e. The summed E-state index contributed by atoms with van der Waals surface area (Å²) in [4.78, 5) is 0. The van der Waals surface area contributed by atoms with E-state index in [1.165, 1.54) is 0 Å². The molecular weight excluding hydrogens is 266 g/mol. The number of nitrogens with zero attached hydrogens (tertiary/aromatic N) is 4. The minimum atomic E-state index is 0.0850. The first-order valence-corrected chi connectivity index (χ1v) is 7.23. The van der Waals surface area contributed by atoms with Crippen LogP contribution in [0.4, 0.5) is 0 Å². The van der Waals surface area contributed by atoms with Crippen molar-refractivity contribution in [2.75, 3.05) is 13.7 Å². The second-order valence-corrected chi connectivity index (χ2v) is 5.51. The molecule has 0 amide bonds. The molecule has 0 aliphatic rings. The van der Waals surface area contributed by atoms with Crippen LogP contribution in [0.15, 0.2) is 24.3 Å². The molecule has 6 heteroatoms. The third kappa shape index (κ3) is 4.01. The third-order valence-electron chi connectivity index (χ3n) is 3.36. The molecule has 0 saturated heterocycles. The van der Waals surface area contributed by atoms with Gasteiger partial charge in [0.15, 0.2) is 5.82 Å². The molecule has 1 atom stereocenters. The number of tetrazole rings is 1. The van der Waals surface area contributed by atoms with Crippen LogP contribution in [0.3, 0.4) is 0 Å². The fourth-order valence-electron chi connectivity index (χ4n) is 2.13. The van der Waals surface area contributed by atoms with Gasteiger partial charge in [-0.1, -0.05) is 26.0 Å². The maximum Gasteiger partial charge on any atom is 0.165 e. The van der Waals surface area contributed by atoms with Crippen LogP contribution in [0.2, 0.25) is 0 Å². The van der Waals surface area contributed by atoms with E-state index >= 15 is 0 Å². The van der Waals surface area contributed by atoms with Crippen molar-refractivity contribution in [3.63, 3.8) is 0 Å². The van der Waals surface area contributed by atoms with Crippen LogP contribution in [-0.4, -0.2) is 33.9 Å². The van der Waals surface area contributed by atoms with Crippen molar-refractivity contribution in [3.05, 3.63) is 35.7 Å². The van der Waals surface area contributed by atoms with E-state index in [1.54, 1.807) is 7.11 Å². The van der Waals surface area contributed by atoms with E-state index in [4.69, 9.17) is 4.74 Å². The van der Waals surface area contributed by atoms with E-state index in [2.05, 4.69) is 41.6 Å². The molecule has 2 aromatic rings. The number of aromatic nitrogens is 4. The summed E-state index contributed by atoms with van der Waals surface area (Å²) in [5, 5.41) is 15.4. The number of benzene rings is 1. The molecule has 0 saturated carbocycles. The summed E-state index contributed by atoms with van der Waals surface area (Å²) in [5.41, 5.74) is 1.15. The number of hydrogen-bond acceptors (Lipinski definition) is 5. The molecule has 0 spiro atoms. The summed E-state index contributed by atoms with van der Waals surface area (Å²) in [7, 11) is 1.66. The Morgan fingerprint density at radius 3 is 2.52 bits per heavy atom. The third-order valence-corrected chi connectivity index (χ3v) is 3.36. The maximum atomic E-state index is 5.18. The lowest BCUT2D eigenvalue weighted by molar-refractivity contribution is 0.414. The molecule has 1 aromatic carbocycles. The number of rotatable bonds is 7. The summed E-state index contributed by atoms with van der Waals surface area (Å²) >= 11 is 0. The highest BCUT2D eigenvalue weighted by Gasteiger charge is 2.14. The molecular formula is C15H23N5O. The van der Waals surface area contributed by atoms with E-state index in [0.29, 0.717) is 12.5 Å². The van der Waals surface area contributed by atoms with Crippen LogP contribution in [-0.2, 0) is 6.54 Å². The Morgan fingerprint density at radius 1 is 1.19 bits per heavy atom. The Balaban J connectivity index is 2.08. The van der Waals surface area contributed by atoms with Crippen molar-refractivity contribution >= 4 is 0 Å². The van der Waals surface area contributed by atoms with Gasteiger partial charge in [0, 0.05) is 0 Å². The molecule has 0 fully saturated rings. The highest BCUT2D eigenvalue weighted by molar-refractivity contribution is 5.29. The van der Waals surface area contributed by atoms with Gasteiger partial charge in [0.1, 0.15) is 5.75 Å². The van der Waals surface area contributed by atoms with Crippen molar-refractivity contribution in [2.45, 2.75) is 33.4 Å². The van der Waals surface area contributed by atoms with Gasteiger partial charge in [-0.05, 0) is 47.5 Å². The van der Waals surface area contributed by atoms with E-state index in [0.717, 1.165) is 23.7 Å².